The number of ether oxygens (including phenoxy) is 1. The lowest BCUT2D eigenvalue weighted by Crippen LogP contribution is -2.41. The number of hydrogen-bond donors (Lipinski definition) is 1. The zero-order valence-electron chi connectivity index (χ0n) is 17.2. The van der Waals surface area contributed by atoms with Crippen molar-refractivity contribution in [2.75, 3.05) is 0 Å². The standard InChI is InChI=1S/C23H32O5S/c1-22(13-15-23(16-14-22)11-3-2-4-12-23)28-20(21(24)25)17-5-7-18(8-6-17)29(26,27)19-9-10-19/h5-8,19-20H,2-4,9-16H2,1H3,(H,24,25). The largest absolute Gasteiger partial charge is 0.479 e. The minimum Gasteiger partial charge on any atom is -0.479 e. The number of aliphatic carboxylic acids is 1. The van der Waals surface area contributed by atoms with E-state index in [9.17, 15) is 18.3 Å². The van der Waals surface area contributed by atoms with E-state index in [-0.39, 0.29) is 10.1 Å². The molecular formula is C23H32O5S. The number of carbonyl (C=O) groups is 1. The summed E-state index contributed by atoms with van der Waals surface area (Å²) in [5, 5.41) is 9.53. The zero-order valence-corrected chi connectivity index (χ0v) is 18.0. The minimum atomic E-state index is -3.27. The van der Waals surface area contributed by atoms with Crippen LogP contribution in [0.1, 0.15) is 89.2 Å². The molecule has 1 N–H and O–H groups in total. The van der Waals surface area contributed by atoms with Crippen LogP contribution >= 0.6 is 0 Å². The van der Waals surface area contributed by atoms with Gasteiger partial charge in [-0.1, -0.05) is 31.4 Å². The normalized spacial score (nSPS) is 24.9. The van der Waals surface area contributed by atoms with Gasteiger partial charge in [-0.2, -0.15) is 0 Å². The average molecular weight is 421 g/mol. The van der Waals surface area contributed by atoms with Crippen LogP contribution in [-0.2, 0) is 19.4 Å². The van der Waals surface area contributed by atoms with E-state index in [2.05, 4.69) is 0 Å². The van der Waals surface area contributed by atoms with E-state index in [1.165, 1.54) is 44.2 Å². The number of benzene rings is 1. The Bertz CT molecular complexity index is 838. The summed E-state index contributed by atoms with van der Waals surface area (Å²) < 4.78 is 31.0. The first-order valence-corrected chi connectivity index (χ1v) is 12.5. The second-order valence-corrected chi connectivity index (χ2v) is 11.9. The van der Waals surface area contributed by atoms with Crippen molar-refractivity contribution in [1.29, 1.82) is 0 Å². The highest BCUT2D eigenvalue weighted by molar-refractivity contribution is 7.92. The first-order valence-electron chi connectivity index (χ1n) is 11.0. The summed E-state index contributed by atoms with van der Waals surface area (Å²) in [7, 11) is -3.27. The monoisotopic (exact) mass is 420 g/mol. The smallest absolute Gasteiger partial charge is 0.337 e. The Hall–Kier alpha value is -1.40. The third kappa shape index (κ3) is 4.38. The number of carboxylic acids is 1. The molecule has 160 valence electrons. The van der Waals surface area contributed by atoms with Crippen LogP contribution in [0.4, 0.5) is 0 Å². The van der Waals surface area contributed by atoms with Gasteiger partial charge in [0.2, 0.25) is 0 Å². The third-order valence-corrected chi connectivity index (χ3v) is 9.66. The van der Waals surface area contributed by atoms with E-state index in [1.807, 2.05) is 6.92 Å². The molecule has 3 aliphatic carbocycles. The van der Waals surface area contributed by atoms with Crippen LogP contribution in [0.5, 0.6) is 0 Å². The van der Waals surface area contributed by atoms with E-state index in [4.69, 9.17) is 4.74 Å². The highest BCUT2D eigenvalue weighted by atomic mass is 32.2. The highest BCUT2D eigenvalue weighted by Gasteiger charge is 2.43. The van der Waals surface area contributed by atoms with Crippen molar-refractivity contribution in [2.24, 2.45) is 5.41 Å². The van der Waals surface area contributed by atoms with E-state index < -0.39 is 27.5 Å². The van der Waals surface area contributed by atoms with Crippen LogP contribution in [-0.4, -0.2) is 30.3 Å². The molecule has 3 saturated carbocycles. The summed E-state index contributed by atoms with van der Waals surface area (Å²) in [6.07, 6.45) is 10.9. The molecule has 1 aromatic rings. The topological polar surface area (TPSA) is 80.7 Å². The van der Waals surface area contributed by atoms with E-state index in [0.717, 1.165) is 25.7 Å². The van der Waals surface area contributed by atoms with E-state index in [0.29, 0.717) is 23.8 Å². The van der Waals surface area contributed by atoms with Gasteiger partial charge in [0, 0.05) is 0 Å². The van der Waals surface area contributed by atoms with Crippen molar-refractivity contribution >= 4 is 15.8 Å². The summed E-state index contributed by atoms with van der Waals surface area (Å²) in [6, 6.07) is 6.26. The molecule has 0 radical (unpaired) electrons. The molecule has 1 unspecified atom stereocenters. The number of hydrogen-bond acceptors (Lipinski definition) is 4. The second-order valence-electron chi connectivity index (χ2n) is 9.66. The molecule has 0 aliphatic heterocycles. The van der Waals surface area contributed by atoms with Gasteiger partial charge in [0.05, 0.1) is 15.7 Å². The van der Waals surface area contributed by atoms with Gasteiger partial charge in [-0.15, -0.1) is 0 Å². The molecular weight excluding hydrogens is 388 g/mol. The Balaban J connectivity index is 1.46. The summed E-state index contributed by atoms with van der Waals surface area (Å²) in [5.41, 5.74) is 0.495. The maximum atomic E-state index is 12.4. The maximum absolute atomic E-state index is 12.4. The van der Waals surface area contributed by atoms with Crippen molar-refractivity contribution < 1.29 is 23.1 Å². The van der Waals surface area contributed by atoms with Crippen LogP contribution in [0, 0.1) is 5.41 Å². The summed E-state index contributed by atoms with van der Waals surface area (Å²) in [5.74, 6) is -1.03. The molecule has 1 aromatic carbocycles. The van der Waals surface area contributed by atoms with Crippen molar-refractivity contribution in [3.63, 3.8) is 0 Å². The van der Waals surface area contributed by atoms with Gasteiger partial charge in [-0.25, -0.2) is 13.2 Å². The maximum Gasteiger partial charge on any atom is 0.337 e. The van der Waals surface area contributed by atoms with Gasteiger partial charge in [0.25, 0.3) is 0 Å². The summed E-state index contributed by atoms with van der Waals surface area (Å²) in [4.78, 5) is 12.2. The fourth-order valence-electron chi connectivity index (χ4n) is 5.18. The third-order valence-electron chi connectivity index (χ3n) is 7.38. The van der Waals surface area contributed by atoms with Crippen LogP contribution in [0.2, 0.25) is 0 Å². The van der Waals surface area contributed by atoms with E-state index in [1.54, 1.807) is 12.1 Å². The second kappa shape index (κ2) is 7.69. The lowest BCUT2D eigenvalue weighted by atomic mass is 9.62. The molecule has 1 atom stereocenters. The van der Waals surface area contributed by atoms with Crippen LogP contribution in [0.25, 0.3) is 0 Å². The fourth-order valence-corrected chi connectivity index (χ4v) is 6.83. The molecule has 3 fully saturated rings. The van der Waals surface area contributed by atoms with Crippen LogP contribution < -0.4 is 0 Å². The Morgan fingerprint density at radius 1 is 1.00 bits per heavy atom. The first-order chi connectivity index (χ1) is 13.7. The predicted octanol–water partition coefficient (Wildman–Crippen LogP) is 5.05. The number of sulfone groups is 1. The zero-order chi connectivity index (χ0) is 20.7. The minimum absolute atomic E-state index is 0.270. The van der Waals surface area contributed by atoms with Gasteiger partial charge in [0.15, 0.2) is 15.9 Å². The van der Waals surface area contributed by atoms with Crippen molar-refractivity contribution in [2.45, 2.75) is 99.4 Å². The average Bonchev–Trinajstić information content (AvgIpc) is 3.56. The molecule has 5 nitrogen and oxygen atoms in total. The lowest BCUT2D eigenvalue weighted by Gasteiger charge is -2.47. The summed E-state index contributed by atoms with van der Waals surface area (Å²) >= 11 is 0. The number of rotatable bonds is 6. The first kappa shape index (κ1) is 20.9. The van der Waals surface area contributed by atoms with Gasteiger partial charge in [0.1, 0.15) is 0 Å². The molecule has 3 aliphatic rings. The van der Waals surface area contributed by atoms with Crippen LogP contribution in [0.15, 0.2) is 29.2 Å². The number of carboxylic acid groups (broad SMARTS) is 1. The van der Waals surface area contributed by atoms with Crippen molar-refractivity contribution in [3.8, 4) is 0 Å². The molecule has 4 rings (SSSR count). The Labute approximate surface area is 173 Å². The molecule has 1 spiro atoms. The molecule has 29 heavy (non-hydrogen) atoms. The molecule has 6 heteroatoms. The van der Waals surface area contributed by atoms with Crippen LogP contribution in [0.3, 0.4) is 0 Å². The Morgan fingerprint density at radius 3 is 2.10 bits per heavy atom. The molecule has 0 heterocycles. The Kier molecular flexibility index (Phi) is 5.53. The van der Waals surface area contributed by atoms with Gasteiger partial charge in [-0.05, 0) is 81.4 Å². The highest BCUT2D eigenvalue weighted by Crippen LogP contribution is 2.51. The predicted molar refractivity (Wildman–Crippen MR) is 111 cm³/mol. The molecule has 0 aromatic heterocycles. The van der Waals surface area contributed by atoms with Gasteiger partial charge >= 0.3 is 5.97 Å². The quantitative estimate of drug-likeness (QED) is 0.697. The fraction of sp³-hybridized carbons (Fsp3) is 0.696. The molecule has 0 saturated heterocycles. The summed E-state index contributed by atoms with van der Waals surface area (Å²) in [6.45, 7) is 2.03. The van der Waals surface area contributed by atoms with Gasteiger partial charge in [-0.3, -0.25) is 0 Å². The van der Waals surface area contributed by atoms with E-state index >= 15 is 0 Å². The van der Waals surface area contributed by atoms with Gasteiger partial charge < -0.3 is 9.84 Å². The lowest BCUT2D eigenvalue weighted by molar-refractivity contribution is -0.171. The van der Waals surface area contributed by atoms with Crippen molar-refractivity contribution in [3.05, 3.63) is 29.8 Å². The molecule has 0 bridgehead atoms. The molecule has 0 amide bonds. The SMILES string of the molecule is CC1(OC(C(=O)O)c2ccc(S(=O)(=O)C3CC3)cc2)CCC2(CCCCC2)CC1. The Morgan fingerprint density at radius 2 is 1.59 bits per heavy atom. The van der Waals surface area contributed by atoms with Crippen molar-refractivity contribution in [1.82, 2.24) is 0 Å².